The molecule has 130 valence electrons. The Morgan fingerprint density at radius 2 is 1.29 bits per heavy atom. The van der Waals surface area contributed by atoms with Crippen molar-refractivity contribution < 1.29 is 28.5 Å². The summed E-state index contributed by atoms with van der Waals surface area (Å²) in [6.07, 6.45) is 3.22. The van der Waals surface area contributed by atoms with Crippen molar-refractivity contribution in [3.63, 3.8) is 0 Å². The van der Waals surface area contributed by atoms with Gasteiger partial charge in [-0.25, -0.2) is 9.59 Å². The van der Waals surface area contributed by atoms with E-state index >= 15 is 0 Å². The molecule has 0 atom stereocenters. The number of rotatable bonds is 12. The highest BCUT2D eigenvalue weighted by Crippen LogP contribution is 2.08. The smallest absolute Gasteiger partial charge is 0.338 e. The Bertz CT molecular complexity index is 507. The maximum atomic E-state index is 11.9. The molecule has 0 saturated heterocycles. The number of carbonyl (C=O) groups is 2. The van der Waals surface area contributed by atoms with Gasteiger partial charge in [-0.15, -0.1) is 13.2 Å². The lowest BCUT2D eigenvalue weighted by Gasteiger charge is -2.07. The van der Waals surface area contributed by atoms with Crippen molar-refractivity contribution >= 4 is 11.9 Å². The van der Waals surface area contributed by atoms with Crippen LogP contribution in [0.4, 0.5) is 0 Å². The molecule has 0 heterocycles. The van der Waals surface area contributed by atoms with E-state index in [2.05, 4.69) is 13.2 Å². The Kier molecular flexibility index (Phi) is 9.84. The van der Waals surface area contributed by atoms with Crippen LogP contribution in [0.2, 0.25) is 0 Å². The second-order valence-electron chi connectivity index (χ2n) is 4.58. The fourth-order valence-corrected chi connectivity index (χ4v) is 1.66. The van der Waals surface area contributed by atoms with E-state index in [0.29, 0.717) is 13.2 Å². The van der Waals surface area contributed by atoms with Crippen LogP contribution in [-0.4, -0.2) is 51.6 Å². The van der Waals surface area contributed by atoms with E-state index < -0.39 is 11.9 Å². The van der Waals surface area contributed by atoms with E-state index in [4.69, 9.17) is 18.9 Å². The Morgan fingerprint density at radius 3 is 1.71 bits per heavy atom. The molecule has 0 amide bonds. The van der Waals surface area contributed by atoms with Crippen LogP contribution < -0.4 is 0 Å². The van der Waals surface area contributed by atoms with E-state index in [0.717, 1.165) is 0 Å². The van der Waals surface area contributed by atoms with E-state index in [9.17, 15) is 9.59 Å². The lowest BCUT2D eigenvalue weighted by atomic mass is 10.1. The molecule has 24 heavy (non-hydrogen) atoms. The van der Waals surface area contributed by atoms with Gasteiger partial charge in [0.25, 0.3) is 0 Å². The maximum Gasteiger partial charge on any atom is 0.338 e. The number of ether oxygens (including phenoxy) is 4. The second kappa shape index (κ2) is 12.0. The van der Waals surface area contributed by atoms with Gasteiger partial charge in [0.15, 0.2) is 0 Å². The standard InChI is InChI=1S/C18H22O6/c1-3-8-21-10-12-23-17(19)15-6-5-7-16(14-15)18(20)24-13-11-22-9-4-2/h3-7,14H,1-2,8-13H2. The molecular formula is C18H22O6. The average molecular weight is 334 g/mol. The number of benzene rings is 1. The van der Waals surface area contributed by atoms with Crippen molar-refractivity contribution in [1.82, 2.24) is 0 Å². The molecule has 0 fully saturated rings. The quantitative estimate of drug-likeness (QED) is 0.332. The number of carbonyl (C=O) groups excluding carboxylic acids is 2. The number of hydrogen-bond acceptors (Lipinski definition) is 6. The van der Waals surface area contributed by atoms with Gasteiger partial charge in [-0.05, 0) is 18.2 Å². The first-order chi connectivity index (χ1) is 11.7. The van der Waals surface area contributed by atoms with Crippen molar-refractivity contribution in [2.45, 2.75) is 0 Å². The summed E-state index contributed by atoms with van der Waals surface area (Å²) in [5, 5.41) is 0. The van der Waals surface area contributed by atoms with Crippen molar-refractivity contribution in [2.75, 3.05) is 39.6 Å². The Hall–Kier alpha value is -2.44. The van der Waals surface area contributed by atoms with Crippen LogP contribution in [0.25, 0.3) is 0 Å². The first kappa shape index (κ1) is 19.6. The fourth-order valence-electron chi connectivity index (χ4n) is 1.66. The molecule has 6 heteroatoms. The number of hydrogen-bond donors (Lipinski definition) is 0. The molecule has 0 spiro atoms. The van der Waals surface area contributed by atoms with E-state index in [1.807, 2.05) is 0 Å². The van der Waals surface area contributed by atoms with Gasteiger partial charge >= 0.3 is 11.9 Å². The lowest BCUT2D eigenvalue weighted by Crippen LogP contribution is -2.13. The summed E-state index contributed by atoms with van der Waals surface area (Å²) >= 11 is 0. The van der Waals surface area contributed by atoms with Gasteiger partial charge in [-0.2, -0.15) is 0 Å². The molecule has 0 unspecified atom stereocenters. The largest absolute Gasteiger partial charge is 0.460 e. The number of esters is 2. The summed E-state index contributed by atoms with van der Waals surface area (Å²) in [6, 6.07) is 6.16. The van der Waals surface area contributed by atoms with Crippen molar-refractivity contribution in [3.8, 4) is 0 Å². The van der Waals surface area contributed by atoms with Crippen molar-refractivity contribution in [3.05, 3.63) is 60.7 Å². The molecule has 0 bridgehead atoms. The van der Waals surface area contributed by atoms with Crippen LogP contribution in [0.3, 0.4) is 0 Å². The Labute approximate surface area is 141 Å². The third kappa shape index (κ3) is 7.71. The van der Waals surface area contributed by atoms with Crippen LogP contribution in [0, 0.1) is 0 Å². The van der Waals surface area contributed by atoms with Gasteiger partial charge in [0.1, 0.15) is 13.2 Å². The van der Waals surface area contributed by atoms with Crippen LogP contribution in [0.1, 0.15) is 20.7 Å². The minimum atomic E-state index is -0.527. The average Bonchev–Trinajstić information content (AvgIpc) is 2.61. The normalized spacial score (nSPS) is 10.0. The summed E-state index contributed by atoms with van der Waals surface area (Å²) in [6.45, 7) is 8.64. The summed E-state index contributed by atoms with van der Waals surface area (Å²) in [7, 11) is 0. The predicted molar refractivity (Wildman–Crippen MR) is 89.0 cm³/mol. The van der Waals surface area contributed by atoms with Gasteiger partial charge in [0.05, 0.1) is 37.6 Å². The minimum absolute atomic E-state index is 0.127. The summed E-state index contributed by atoms with van der Waals surface area (Å²) in [5.41, 5.74) is 0.548. The second-order valence-corrected chi connectivity index (χ2v) is 4.58. The van der Waals surface area contributed by atoms with Gasteiger partial charge < -0.3 is 18.9 Å². The monoisotopic (exact) mass is 334 g/mol. The Balaban J connectivity index is 2.43. The zero-order chi connectivity index (χ0) is 17.6. The molecular weight excluding hydrogens is 312 g/mol. The highest BCUT2D eigenvalue weighted by atomic mass is 16.6. The lowest BCUT2D eigenvalue weighted by molar-refractivity contribution is 0.0350. The zero-order valence-electron chi connectivity index (χ0n) is 13.6. The van der Waals surface area contributed by atoms with Gasteiger partial charge in [0, 0.05) is 0 Å². The summed E-state index contributed by atoms with van der Waals surface area (Å²) in [5.74, 6) is -1.05. The molecule has 0 aliphatic carbocycles. The van der Waals surface area contributed by atoms with Crippen molar-refractivity contribution in [2.24, 2.45) is 0 Å². The molecule has 6 nitrogen and oxygen atoms in total. The van der Waals surface area contributed by atoms with Crippen molar-refractivity contribution in [1.29, 1.82) is 0 Å². The molecule has 0 aliphatic rings. The maximum absolute atomic E-state index is 11.9. The SMILES string of the molecule is C=CCOCCOC(=O)c1cccc(C(=O)OCCOCC=C)c1. The predicted octanol–water partition coefficient (Wildman–Crippen LogP) is 2.41. The summed E-state index contributed by atoms with van der Waals surface area (Å²) < 4.78 is 20.3. The molecule has 0 saturated carbocycles. The minimum Gasteiger partial charge on any atom is -0.460 e. The molecule has 0 aromatic heterocycles. The van der Waals surface area contributed by atoms with Gasteiger partial charge in [-0.3, -0.25) is 0 Å². The van der Waals surface area contributed by atoms with Gasteiger partial charge in [-0.1, -0.05) is 18.2 Å². The first-order valence-corrected chi connectivity index (χ1v) is 7.50. The zero-order valence-corrected chi connectivity index (χ0v) is 13.6. The van der Waals surface area contributed by atoms with Crippen LogP contribution >= 0.6 is 0 Å². The molecule has 1 rings (SSSR count). The van der Waals surface area contributed by atoms with E-state index in [-0.39, 0.29) is 37.6 Å². The third-order valence-corrected chi connectivity index (χ3v) is 2.73. The van der Waals surface area contributed by atoms with Crippen LogP contribution in [0.5, 0.6) is 0 Å². The topological polar surface area (TPSA) is 71.1 Å². The molecule has 0 N–H and O–H groups in total. The Morgan fingerprint density at radius 1 is 0.833 bits per heavy atom. The third-order valence-electron chi connectivity index (χ3n) is 2.73. The molecule has 0 radical (unpaired) electrons. The van der Waals surface area contributed by atoms with Crippen LogP contribution in [0.15, 0.2) is 49.6 Å². The molecule has 1 aromatic rings. The molecule has 0 aliphatic heterocycles. The molecule has 1 aromatic carbocycles. The van der Waals surface area contributed by atoms with Crippen LogP contribution in [-0.2, 0) is 18.9 Å². The van der Waals surface area contributed by atoms with E-state index in [1.54, 1.807) is 30.4 Å². The van der Waals surface area contributed by atoms with Gasteiger partial charge in [0.2, 0.25) is 0 Å². The van der Waals surface area contributed by atoms with E-state index in [1.165, 1.54) is 6.07 Å². The summed E-state index contributed by atoms with van der Waals surface area (Å²) in [4.78, 5) is 23.8. The first-order valence-electron chi connectivity index (χ1n) is 7.50. The highest BCUT2D eigenvalue weighted by molar-refractivity contribution is 5.95. The highest BCUT2D eigenvalue weighted by Gasteiger charge is 2.12. The fraction of sp³-hybridized carbons (Fsp3) is 0.333.